The summed E-state index contributed by atoms with van der Waals surface area (Å²) < 4.78 is 4.40. The zero-order valence-electron chi connectivity index (χ0n) is 7.09. The molecule has 12 heavy (non-hydrogen) atoms. The Morgan fingerprint density at radius 3 is 2.42 bits per heavy atom. The lowest BCUT2D eigenvalue weighted by Crippen LogP contribution is -2.25. The zero-order chi connectivity index (χ0) is 9.56. The SMILES string of the molecule is C=C/C=C(/NC(C)=O)C(=O)OC. The lowest BCUT2D eigenvalue weighted by atomic mass is 10.4. The molecule has 0 aromatic rings. The fourth-order valence-electron chi connectivity index (χ4n) is 0.578. The quantitative estimate of drug-likeness (QED) is 0.377. The minimum absolute atomic E-state index is 0.0833. The van der Waals surface area contributed by atoms with Gasteiger partial charge in [-0.25, -0.2) is 4.79 Å². The van der Waals surface area contributed by atoms with Crippen LogP contribution in [0.4, 0.5) is 0 Å². The second-order valence-corrected chi connectivity index (χ2v) is 1.99. The van der Waals surface area contributed by atoms with Gasteiger partial charge in [0, 0.05) is 6.92 Å². The van der Waals surface area contributed by atoms with E-state index in [0.717, 1.165) is 0 Å². The Morgan fingerprint density at radius 1 is 1.50 bits per heavy atom. The number of hydrogen-bond donors (Lipinski definition) is 1. The van der Waals surface area contributed by atoms with Crippen molar-refractivity contribution in [3.05, 3.63) is 24.4 Å². The van der Waals surface area contributed by atoms with Crippen LogP contribution in [0.5, 0.6) is 0 Å². The third-order valence-electron chi connectivity index (χ3n) is 1.00. The predicted molar refractivity (Wildman–Crippen MR) is 44.1 cm³/mol. The first-order valence-corrected chi connectivity index (χ1v) is 3.30. The molecule has 0 rings (SSSR count). The fourth-order valence-corrected chi connectivity index (χ4v) is 0.578. The molecule has 0 bridgehead atoms. The maximum atomic E-state index is 10.9. The van der Waals surface area contributed by atoms with Crippen molar-refractivity contribution in [1.29, 1.82) is 0 Å². The Bertz CT molecular complexity index is 230. The molecular formula is C8H11NO3. The monoisotopic (exact) mass is 169 g/mol. The molecule has 0 saturated carbocycles. The Morgan fingerprint density at radius 2 is 2.08 bits per heavy atom. The van der Waals surface area contributed by atoms with Gasteiger partial charge in [0.05, 0.1) is 7.11 Å². The van der Waals surface area contributed by atoms with Gasteiger partial charge >= 0.3 is 5.97 Å². The van der Waals surface area contributed by atoms with Gasteiger partial charge in [-0.2, -0.15) is 0 Å². The van der Waals surface area contributed by atoms with Gasteiger partial charge < -0.3 is 10.1 Å². The Hall–Kier alpha value is -1.58. The van der Waals surface area contributed by atoms with Gasteiger partial charge in [0.25, 0.3) is 0 Å². The maximum absolute atomic E-state index is 10.9. The molecule has 0 saturated heterocycles. The van der Waals surface area contributed by atoms with E-state index in [4.69, 9.17) is 0 Å². The predicted octanol–water partition coefficient (Wildman–Crippen LogP) is 0.365. The molecule has 0 aliphatic carbocycles. The van der Waals surface area contributed by atoms with E-state index in [-0.39, 0.29) is 11.6 Å². The number of carbonyl (C=O) groups excluding carboxylic acids is 2. The minimum Gasteiger partial charge on any atom is -0.464 e. The molecule has 1 amide bonds. The van der Waals surface area contributed by atoms with Crippen molar-refractivity contribution in [2.45, 2.75) is 6.92 Å². The number of methoxy groups -OCH3 is 1. The summed E-state index contributed by atoms with van der Waals surface area (Å²) in [5.74, 6) is -0.918. The van der Waals surface area contributed by atoms with Crippen LogP contribution in [-0.2, 0) is 14.3 Å². The number of esters is 1. The van der Waals surface area contributed by atoms with Crippen LogP contribution in [0.15, 0.2) is 24.4 Å². The van der Waals surface area contributed by atoms with Crippen molar-refractivity contribution in [2.75, 3.05) is 7.11 Å². The number of allylic oxidation sites excluding steroid dienone is 2. The second-order valence-electron chi connectivity index (χ2n) is 1.99. The van der Waals surface area contributed by atoms with Crippen molar-refractivity contribution in [1.82, 2.24) is 5.32 Å². The van der Waals surface area contributed by atoms with E-state index in [1.54, 1.807) is 0 Å². The smallest absolute Gasteiger partial charge is 0.354 e. The molecule has 0 aliphatic heterocycles. The summed E-state index contributed by atoms with van der Waals surface area (Å²) in [6.07, 6.45) is 2.76. The third-order valence-corrected chi connectivity index (χ3v) is 1.00. The van der Waals surface area contributed by atoms with Gasteiger partial charge in [0.15, 0.2) is 0 Å². The van der Waals surface area contributed by atoms with Gasteiger partial charge in [-0.1, -0.05) is 12.7 Å². The highest BCUT2D eigenvalue weighted by Gasteiger charge is 2.08. The summed E-state index contributed by atoms with van der Waals surface area (Å²) in [6, 6.07) is 0. The Labute approximate surface area is 70.9 Å². The molecule has 0 fully saturated rings. The largest absolute Gasteiger partial charge is 0.464 e. The average Bonchev–Trinajstić information content (AvgIpc) is 2.01. The van der Waals surface area contributed by atoms with Crippen LogP contribution >= 0.6 is 0 Å². The summed E-state index contributed by atoms with van der Waals surface area (Å²) in [4.78, 5) is 21.4. The summed E-state index contributed by atoms with van der Waals surface area (Å²) in [5, 5.41) is 2.31. The van der Waals surface area contributed by atoms with Gasteiger partial charge in [-0.3, -0.25) is 4.79 Å². The molecular weight excluding hydrogens is 158 g/mol. The molecule has 1 N–H and O–H groups in total. The zero-order valence-corrected chi connectivity index (χ0v) is 7.09. The van der Waals surface area contributed by atoms with Crippen molar-refractivity contribution in [3.63, 3.8) is 0 Å². The highest BCUT2D eigenvalue weighted by molar-refractivity contribution is 5.93. The highest BCUT2D eigenvalue weighted by Crippen LogP contribution is 1.92. The summed E-state index contributed by atoms with van der Waals surface area (Å²) in [6.45, 7) is 4.69. The molecule has 0 atom stereocenters. The molecule has 4 heteroatoms. The molecule has 0 spiro atoms. The van der Waals surface area contributed by atoms with Gasteiger partial charge in [0.1, 0.15) is 5.70 Å². The molecule has 0 unspecified atom stereocenters. The topological polar surface area (TPSA) is 55.4 Å². The van der Waals surface area contributed by atoms with E-state index in [1.165, 1.54) is 26.2 Å². The van der Waals surface area contributed by atoms with Gasteiger partial charge in [0.2, 0.25) is 5.91 Å². The van der Waals surface area contributed by atoms with E-state index < -0.39 is 5.97 Å². The van der Waals surface area contributed by atoms with Crippen LogP contribution in [0.1, 0.15) is 6.92 Å². The molecule has 0 aromatic heterocycles. The number of hydrogen-bond acceptors (Lipinski definition) is 3. The van der Waals surface area contributed by atoms with Crippen LogP contribution in [0.25, 0.3) is 0 Å². The molecule has 0 radical (unpaired) electrons. The summed E-state index contributed by atoms with van der Waals surface area (Å²) in [5.41, 5.74) is 0.0833. The number of amides is 1. The second kappa shape index (κ2) is 5.12. The maximum Gasteiger partial charge on any atom is 0.354 e. The standard InChI is InChI=1S/C8H11NO3/c1-4-5-7(8(11)12-3)9-6(2)10/h4-5H,1H2,2-3H3,(H,9,10)/b7-5+. The van der Waals surface area contributed by atoms with Gasteiger partial charge in [-0.05, 0) is 6.08 Å². The number of nitrogens with one attached hydrogen (secondary N) is 1. The molecule has 0 aromatic carbocycles. The van der Waals surface area contributed by atoms with Crippen molar-refractivity contribution >= 4 is 11.9 Å². The summed E-state index contributed by atoms with van der Waals surface area (Å²) in [7, 11) is 1.24. The first kappa shape index (κ1) is 10.4. The van der Waals surface area contributed by atoms with Crippen molar-refractivity contribution in [2.24, 2.45) is 0 Å². The van der Waals surface area contributed by atoms with Crippen LogP contribution in [0.2, 0.25) is 0 Å². The number of carbonyl (C=O) groups is 2. The van der Waals surface area contributed by atoms with Crippen LogP contribution < -0.4 is 5.32 Å². The fraction of sp³-hybridized carbons (Fsp3) is 0.250. The summed E-state index contributed by atoms with van der Waals surface area (Å²) >= 11 is 0. The van der Waals surface area contributed by atoms with Crippen LogP contribution in [0, 0.1) is 0 Å². The molecule has 4 nitrogen and oxygen atoms in total. The minimum atomic E-state index is -0.592. The van der Waals surface area contributed by atoms with Crippen LogP contribution in [-0.4, -0.2) is 19.0 Å². The molecule has 0 aliphatic rings. The lowest BCUT2D eigenvalue weighted by molar-refractivity contribution is -0.137. The number of rotatable bonds is 3. The lowest BCUT2D eigenvalue weighted by Gasteiger charge is -2.03. The number of ether oxygens (including phenoxy) is 1. The van der Waals surface area contributed by atoms with Crippen molar-refractivity contribution in [3.8, 4) is 0 Å². The first-order valence-electron chi connectivity index (χ1n) is 3.30. The van der Waals surface area contributed by atoms with Crippen molar-refractivity contribution < 1.29 is 14.3 Å². The Balaban J connectivity index is 4.44. The van der Waals surface area contributed by atoms with Gasteiger partial charge in [-0.15, -0.1) is 0 Å². The first-order chi connectivity index (χ1) is 5.61. The third kappa shape index (κ3) is 3.55. The van der Waals surface area contributed by atoms with E-state index in [0.29, 0.717) is 0 Å². The van der Waals surface area contributed by atoms with E-state index >= 15 is 0 Å². The molecule has 66 valence electrons. The van der Waals surface area contributed by atoms with E-state index in [2.05, 4.69) is 16.6 Å². The average molecular weight is 169 g/mol. The highest BCUT2D eigenvalue weighted by atomic mass is 16.5. The van der Waals surface area contributed by atoms with E-state index in [1.807, 2.05) is 0 Å². The van der Waals surface area contributed by atoms with E-state index in [9.17, 15) is 9.59 Å². The normalized spacial score (nSPS) is 10.3. The Kier molecular flexibility index (Phi) is 4.45. The van der Waals surface area contributed by atoms with Crippen LogP contribution in [0.3, 0.4) is 0 Å². The molecule has 0 heterocycles.